The SMILES string of the molecule is Cl.Cl.Nc1cccc2c1CCCN2Cc1nccn1C(F)F. The Morgan fingerprint density at radius 2 is 2.05 bits per heavy atom. The molecule has 0 amide bonds. The van der Waals surface area contributed by atoms with Gasteiger partial charge in [0, 0.05) is 30.3 Å². The highest BCUT2D eigenvalue weighted by atomic mass is 35.5. The van der Waals surface area contributed by atoms with Crippen LogP contribution in [0.25, 0.3) is 0 Å². The molecule has 0 saturated heterocycles. The first-order chi connectivity index (χ1) is 9.66. The van der Waals surface area contributed by atoms with Crippen LogP contribution in [-0.4, -0.2) is 16.1 Å². The second kappa shape index (κ2) is 7.65. The summed E-state index contributed by atoms with van der Waals surface area (Å²) in [6.45, 7) is -1.36. The molecule has 22 heavy (non-hydrogen) atoms. The third-order valence-corrected chi connectivity index (χ3v) is 3.67. The number of rotatable bonds is 3. The van der Waals surface area contributed by atoms with Crippen molar-refractivity contribution in [3.05, 3.63) is 42.0 Å². The average molecular weight is 351 g/mol. The minimum Gasteiger partial charge on any atom is -0.398 e. The number of benzene rings is 1. The molecule has 1 aromatic carbocycles. The molecule has 2 N–H and O–H groups in total. The van der Waals surface area contributed by atoms with Crippen LogP contribution < -0.4 is 10.6 Å². The Hall–Kier alpha value is -1.53. The molecule has 3 rings (SSSR count). The van der Waals surface area contributed by atoms with E-state index in [2.05, 4.69) is 9.88 Å². The molecule has 0 unspecified atom stereocenters. The number of anilines is 2. The molecule has 0 aliphatic carbocycles. The Labute approximate surface area is 140 Å². The van der Waals surface area contributed by atoms with Crippen molar-refractivity contribution in [3.63, 3.8) is 0 Å². The number of fused-ring (bicyclic) bond motifs is 1. The number of hydrogen-bond donors (Lipinski definition) is 1. The van der Waals surface area contributed by atoms with E-state index >= 15 is 0 Å². The minimum absolute atomic E-state index is 0. The zero-order valence-electron chi connectivity index (χ0n) is 11.8. The molecular weight excluding hydrogens is 333 g/mol. The van der Waals surface area contributed by atoms with Gasteiger partial charge in [-0.15, -0.1) is 24.8 Å². The van der Waals surface area contributed by atoms with E-state index in [1.807, 2.05) is 18.2 Å². The second-order valence-corrected chi connectivity index (χ2v) is 4.90. The van der Waals surface area contributed by atoms with E-state index < -0.39 is 6.55 Å². The van der Waals surface area contributed by atoms with Crippen LogP contribution in [0.15, 0.2) is 30.6 Å². The van der Waals surface area contributed by atoms with Gasteiger partial charge < -0.3 is 10.6 Å². The molecule has 1 aromatic heterocycles. The number of alkyl halides is 2. The van der Waals surface area contributed by atoms with E-state index in [-0.39, 0.29) is 24.8 Å². The number of aromatic nitrogens is 2. The van der Waals surface area contributed by atoms with Crippen LogP contribution in [0, 0.1) is 0 Å². The Bertz CT molecular complexity index is 619. The number of nitrogen functional groups attached to an aromatic ring is 1. The smallest absolute Gasteiger partial charge is 0.319 e. The average Bonchev–Trinajstić information content (AvgIpc) is 2.88. The molecular formula is C14H18Cl2F2N4. The van der Waals surface area contributed by atoms with Gasteiger partial charge in [-0.05, 0) is 30.5 Å². The lowest BCUT2D eigenvalue weighted by Gasteiger charge is -2.31. The maximum Gasteiger partial charge on any atom is 0.319 e. The lowest BCUT2D eigenvalue weighted by atomic mass is 10.00. The van der Waals surface area contributed by atoms with Gasteiger partial charge in [0.05, 0.1) is 6.54 Å². The summed E-state index contributed by atoms with van der Waals surface area (Å²) in [7, 11) is 0. The molecule has 8 heteroatoms. The quantitative estimate of drug-likeness (QED) is 0.859. The van der Waals surface area contributed by atoms with Crippen LogP contribution in [0.4, 0.5) is 20.2 Å². The summed E-state index contributed by atoms with van der Waals surface area (Å²) in [4.78, 5) is 6.10. The highest BCUT2D eigenvalue weighted by Crippen LogP contribution is 2.32. The van der Waals surface area contributed by atoms with Gasteiger partial charge in [-0.1, -0.05) is 6.07 Å². The normalized spacial score (nSPS) is 13.3. The molecule has 0 radical (unpaired) electrons. The topological polar surface area (TPSA) is 47.1 Å². The molecule has 4 nitrogen and oxygen atoms in total. The number of imidazole rings is 1. The van der Waals surface area contributed by atoms with Gasteiger partial charge in [0.15, 0.2) is 0 Å². The molecule has 1 aliphatic heterocycles. The summed E-state index contributed by atoms with van der Waals surface area (Å²) in [5.74, 6) is 0.371. The molecule has 0 spiro atoms. The fraction of sp³-hybridized carbons (Fsp3) is 0.357. The van der Waals surface area contributed by atoms with Crippen LogP contribution in [0.5, 0.6) is 0 Å². The highest BCUT2D eigenvalue weighted by molar-refractivity contribution is 5.85. The van der Waals surface area contributed by atoms with Crippen molar-refractivity contribution in [2.45, 2.75) is 25.9 Å². The van der Waals surface area contributed by atoms with Crippen molar-refractivity contribution in [3.8, 4) is 0 Å². The fourth-order valence-corrected chi connectivity index (χ4v) is 2.71. The summed E-state index contributed by atoms with van der Waals surface area (Å²) >= 11 is 0. The number of halogens is 4. The standard InChI is InChI=1S/C14H16F2N4.2ClH/c15-14(16)20-8-6-18-13(20)9-19-7-2-3-10-11(17)4-1-5-12(10)19;;/h1,4-6,8,14H,2-3,7,9,17H2;2*1H. The fourth-order valence-electron chi connectivity index (χ4n) is 2.71. The van der Waals surface area contributed by atoms with Crippen molar-refractivity contribution in [1.82, 2.24) is 9.55 Å². The van der Waals surface area contributed by atoms with E-state index in [0.29, 0.717) is 12.4 Å². The third kappa shape index (κ3) is 3.44. The predicted molar refractivity (Wildman–Crippen MR) is 88.2 cm³/mol. The number of nitrogens with zero attached hydrogens (tertiary/aromatic N) is 3. The van der Waals surface area contributed by atoms with E-state index in [9.17, 15) is 8.78 Å². The van der Waals surface area contributed by atoms with Crippen LogP contribution >= 0.6 is 24.8 Å². The van der Waals surface area contributed by atoms with E-state index in [0.717, 1.165) is 40.9 Å². The predicted octanol–water partition coefficient (Wildman–Crippen LogP) is 3.66. The van der Waals surface area contributed by atoms with Crippen molar-refractivity contribution >= 4 is 36.2 Å². The van der Waals surface area contributed by atoms with Gasteiger partial charge >= 0.3 is 6.55 Å². The first-order valence-electron chi connectivity index (χ1n) is 6.59. The largest absolute Gasteiger partial charge is 0.398 e. The Kier molecular flexibility index (Phi) is 6.44. The maximum atomic E-state index is 12.9. The van der Waals surface area contributed by atoms with Gasteiger partial charge in [-0.3, -0.25) is 4.57 Å². The van der Waals surface area contributed by atoms with Crippen LogP contribution in [0.2, 0.25) is 0 Å². The Morgan fingerprint density at radius 1 is 1.27 bits per heavy atom. The minimum atomic E-state index is -2.56. The van der Waals surface area contributed by atoms with Crippen molar-refractivity contribution in [2.75, 3.05) is 17.2 Å². The number of nitrogens with two attached hydrogens (primary N) is 1. The maximum absolute atomic E-state index is 12.9. The van der Waals surface area contributed by atoms with Gasteiger partial charge in [0.1, 0.15) is 5.82 Å². The van der Waals surface area contributed by atoms with Gasteiger partial charge in [0.2, 0.25) is 0 Å². The number of hydrogen-bond acceptors (Lipinski definition) is 3. The molecule has 0 fully saturated rings. The first-order valence-corrected chi connectivity index (χ1v) is 6.59. The van der Waals surface area contributed by atoms with Crippen molar-refractivity contribution in [1.29, 1.82) is 0 Å². The summed E-state index contributed by atoms with van der Waals surface area (Å²) in [5.41, 5.74) is 8.89. The van der Waals surface area contributed by atoms with Crippen molar-refractivity contribution < 1.29 is 8.78 Å². The van der Waals surface area contributed by atoms with Crippen molar-refractivity contribution in [2.24, 2.45) is 0 Å². The van der Waals surface area contributed by atoms with E-state index in [4.69, 9.17) is 5.73 Å². The van der Waals surface area contributed by atoms with Gasteiger partial charge in [0.25, 0.3) is 0 Å². The second-order valence-electron chi connectivity index (χ2n) is 4.90. The molecule has 2 heterocycles. The summed E-state index contributed by atoms with van der Waals surface area (Å²) in [6, 6.07) is 5.76. The van der Waals surface area contributed by atoms with E-state index in [1.54, 1.807) is 0 Å². The van der Waals surface area contributed by atoms with Crippen LogP contribution in [-0.2, 0) is 13.0 Å². The van der Waals surface area contributed by atoms with Crippen LogP contribution in [0.3, 0.4) is 0 Å². The first kappa shape index (κ1) is 18.5. The summed E-state index contributed by atoms with van der Waals surface area (Å²) in [6.07, 6.45) is 4.62. The Balaban J connectivity index is 0.00000121. The van der Waals surface area contributed by atoms with Crippen LogP contribution in [0.1, 0.15) is 24.4 Å². The van der Waals surface area contributed by atoms with E-state index in [1.165, 1.54) is 12.4 Å². The lowest BCUT2D eigenvalue weighted by molar-refractivity contribution is 0.0669. The molecule has 0 saturated carbocycles. The molecule has 1 aliphatic rings. The lowest BCUT2D eigenvalue weighted by Crippen LogP contribution is -2.30. The Morgan fingerprint density at radius 3 is 2.77 bits per heavy atom. The molecule has 0 atom stereocenters. The van der Waals surface area contributed by atoms with Gasteiger partial charge in [-0.2, -0.15) is 8.78 Å². The zero-order chi connectivity index (χ0) is 14.1. The zero-order valence-corrected chi connectivity index (χ0v) is 13.4. The van der Waals surface area contributed by atoms with Gasteiger partial charge in [-0.25, -0.2) is 4.98 Å². The highest BCUT2D eigenvalue weighted by Gasteiger charge is 2.21. The molecule has 2 aromatic rings. The monoisotopic (exact) mass is 350 g/mol. The molecule has 122 valence electrons. The molecule has 0 bridgehead atoms. The summed E-state index contributed by atoms with van der Waals surface area (Å²) < 4.78 is 26.6. The third-order valence-electron chi connectivity index (χ3n) is 3.67. The summed E-state index contributed by atoms with van der Waals surface area (Å²) in [5, 5.41) is 0.